The van der Waals surface area contributed by atoms with E-state index in [0.717, 1.165) is 72.4 Å². The van der Waals surface area contributed by atoms with Gasteiger partial charge in [0.15, 0.2) is 0 Å². The third-order valence-electron chi connectivity index (χ3n) is 8.48. The largest absolute Gasteiger partial charge is 0.444 e. The number of amides is 3. The van der Waals surface area contributed by atoms with Gasteiger partial charge in [0.05, 0.1) is 12.1 Å². The first-order valence-corrected chi connectivity index (χ1v) is 15.8. The topological polar surface area (TPSA) is 112 Å². The molecule has 0 radical (unpaired) electrons. The number of likely N-dealkylation sites (tertiary alicyclic amines) is 1. The molecule has 2 aromatic carbocycles. The molecule has 6 rings (SSSR count). The highest BCUT2D eigenvalue weighted by atomic mass is 16.6. The number of hydrogen-bond donors (Lipinski definition) is 1. The number of urea groups is 1. The minimum absolute atomic E-state index is 0.219. The van der Waals surface area contributed by atoms with Gasteiger partial charge >= 0.3 is 12.1 Å². The van der Waals surface area contributed by atoms with Crippen LogP contribution in [0.15, 0.2) is 91.6 Å². The maximum absolute atomic E-state index is 12.5. The van der Waals surface area contributed by atoms with Crippen LogP contribution in [0.2, 0.25) is 0 Å². The van der Waals surface area contributed by atoms with Crippen LogP contribution in [0, 0.1) is 5.92 Å². The van der Waals surface area contributed by atoms with Crippen molar-refractivity contribution in [3.63, 3.8) is 0 Å². The summed E-state index contributed by atoms with van der Waals surface area (Å²) in [6, 6.07) is 19.4. The standard InChI is InChI=1S/C36H41N7O3/c1-36(2,3)46-35(45)41-20-15-26(16-21-41)14-19-40-22-18-39-33(40)31-25-42(32-9-5-4-8-30(31)32)28-10-12-29(13-11-28)43(34(37)44)24-27-7-6-17-38-23-27/h4-13,17-18,22-23,25-26H,14-16,19-21,24H2,1-3H3,(H2,37,44). The van der Waals surface area contributed by atoms with Crippen LogP contribution in [0.1, 0.15) is 45.6 Å². The summed E-state index contributed by atoms with van der Waals surface area (Å²) < 4.78 is 9.96. The molecule has 1 aliphatic heterocycles. The Morgan fingerprint density at radius 3 is 2.46 bits per heavy atom. The molecule has 0 spiro atoms. The average molecular weight is 620 g/mol. The number of aromatic nitrogens is 4. The molecular formula is C36H41N7O3. The number of imidazole rings is 1. The molecule has 46 heavy (non-hydrogen) atoms. The van der Waals surface area contributed by atoms with Gasteiger partial charge < -0.3 is 24.5 Å². The van der Waals surface area contributed by atoms with E-state index < -0.39 is 11.6 Å². The van der Waals surface area contributed by atoms with E-state index in [-0.39, 0.29) is 6.09 Å². The second-order valence-electron chi connectivity index (χ2n) is 12.9. The molecule has 10 nitrogen and oxygen atoms in total. The fraction of sp³-hybridized carbons (Fsp3) is 0.333. The third-order valence-corrected chi connectivity index (χ3v) is 8.48. The number of pyridine rings is 1. The van der Waals surface area contributed by atoms with Crippen molar-refractivity contribution in [2.45, 2.75) is 58.7 Å². The van der Waals surface area contributed by atoms with Gasteiger partial charge in [-0.05, 0) is 87.9 Å². The van der Waals surface area contributed by atoms with E-state index >= 15 is 0 Å². The van der Waals surface area contributed by atoms with Gasteiger partial charge in [-0.3, -0.25) is 9.88 Å². The molecule has 0 aliphatic carbocycles. The number of piperidine rings is 1. The molecular weight excluding hydrogens is 578 g/mol. The van der Waals surface area contributed by atoms with Gasteiger partial charge in [-0.25, -0.2) is 14.6 Å². The number of fused-ring (bicyclic) bond motifs is 1. The Kier molecular flexibility index (Phi) is 8.78. The molecule has 1 fully saturated rings. The number of ether oxygens (including phenoxy) is 1. The Morgan fingerprint density at radius 2 is 1.76 bits per heavy atom. The Hall–Kier alpha value is -5.12. The lowest BCUT2D eigenvalue weighted by molar-refractivity contribution is 0.0180. The highest BCUT2D eigenvalue weighted by Gasteiger charge is 2.27. The molecule has 1 aliphatic rings. The molecule has 3 aromatic heterocycles. The minimum atomic E-state index is -0.522. The average Bonchev–Trinajstić information content (AvgIpc) is 3.67. The first kappa shape index (κ1) is 30.9. The van der Waals surface area contributed by atoms with Gasteiger partial charge in [0.2, 0.25) is 0 Å². The van der Waals surface area contributed by atoms with Crippen molar-refractivity contribution in [3.05, 3.63) is 97.2 Å². The normalized spacial score (nSPS) is 14.0. The van der Waals surface area contributed by atoms with Crippen molar-refractivity contribution >= 4 is 28.7 Å². The van der Waals surface area contributed by atoms with Gasteiger partial charge in [-0.2, -0.15) is 0 Å². The molecule has 0 bridgehead atoms. The van der Waals surface area contributed by atoms with Crippen molar-refractivity contribution < 1.29 is 14.3 Å². The second-order valence-corrected chi connectivity index (χ2v) is 12.9. The summed E-state index contributed by atoms with van der Waals surface area (Å²) in [5, 5.41) is 1.11. The van der Waals surface area contributed by atoms with E-state index in [4.69, 9.17) is 15.5 Å². The SMILES string of the molecule is CC(C)(C)OC(=O)N1CCC(CCn2ccnc2-c2cn(-c3ccc(N(Cc4cccnc4)C(N)=O)cc3)c3ccccc23)CC1. The molecule has 5 aromatic rings. The lowest BCUT2D eigenvalue weighted by Gasteiger charge is -2.33. The van der Waals surface area contributed by atoms with Crippen LogP contribution < -0.4 is 10.6 Å². The van der Waals surface area contributed by atoms with E-state index in [9.17, 15) is 9.59 Å². The number of para-hydroxylation sites is 1. The molecule has 2 N–H and O–H groups in total. The lowest BCUT2D eigenvalue weighted by atomic mass is 9.93. The molecule has 238 valence electrons. The van der Waals surface area contributed by atoms with Gasteiger partial charge in [0.1, 0.15) is 11.4 Å². The van der Waals surface area contributed by atoms with Crippen molar-refractivity contribution in [2.75, 3.05) is 18.0 Å². The number of benzene rings is 2. The smallest absolute Gasteiger partial charge is 0.410 e. The molecule has 10 heteroatoms. The molecule has 0 atom stereocenters. The van der Waals surface area contributed by atoms with Gasteiger partial charge in [0, 0.05) is 72.9 Å². The van der Waals surface area contributed by atoms with E-state index in [1.54, 1.807) is 12.4 Å². The van der Waals surface area contributed by atoms with Crippen LogP contribution in [-0.2, 0) is 17.8 Å². The number of anilines is 1. The van der Waals surface area contributed by atoms with Crippen LogP contribution in [0.25, 0.3) is 28.0 Å². The monoisotopic (exact) mass is 619 g/mol. The zero-order chi connectivity index (χ0) is 32.3. The van der Waals surface area contributed by atoms with Crippen molar-refractivity contribution in [3.8, 4) is 17.1 Å². The second kappa shape index (κ2) is 13.1. The van der Waals surface area contributed by atoms with E-state index in [2.05, 4.69) is 32.4 Å². The fourth-order valence-corrected chi connectivity index (χ4v) is 6.12. The summed E-state index contributed by atoms with van der Waals surface area (Å²) in [5.41, 5.74) is 9.97. The molecule has 0 unspecified atom stereocenters. The summed E-state index contributed by atoms with van der Waals surface area (Å²) in [7, 11) is 0. The number of primary amides is 1. The third kappa shape index (κ3) is 6.91. The number of carbonyl (C=O) groups is 2. The van der Waals surface area contributed by atoms with Crippen molar-refractivity contribution in [1.29, 1.82) is 0 Å². The first-order chi connectivity index (χ1) is 22.2. The van der Waals surface area contributed by atoms with E-state index in [1.807, 2.05) is 86.6 Å². The van der Waals surface area contributed by atoms with Crippen molar-refractivity contribution in [2.24, 2.45) is 11.7 Å². The molecule has 1 saturated heterocycles. The van der Waals surface area contributed by atoms with Crippen LogP contribution in [0.3, 0.4) is 0 Å². The van der Waals surface area contributed by atoms with Crippen molar-refractivity contribution in [1.82, 2.24) is 24.0 Å². The van der Waals surface area contributed by atoms with Gasteiger partial charge in [-0.15, -0.1) is 0 Å². The number of carbonyl (C=O) groups excluding carboxylic acids is 2. The maximum Gasteiger partial charge on any atom is 0.410 e. The summed E-state index contributed by atoms with van der Waals surface area (Å²) in [5.74, 6) is 1.46. The predicted octanol–water partition coefficient (Wildman–Crippen LogP) is 7.01. The van der Waals surface area contributed by atoms with E-state index in [1.165, 1.54) is 4.90 Å². The first-order valence-electron chi connectivity index (χ1n) is 15.8. The Balaban J connectivity index is 1.18. The zero-order valence-corrected chi connectivity index (χ0v) is 26.7. The minimum Gasteiger partial charge on any atom is -0.444 e. The van der Waals surface area contributed by atoms with Crippen LogP contribution in [0.4, 0.5) is 15.3 Å². The number of hydrogen-bond acceptors (Lipinski definition) is 5. The quantitative estimate of drug-likeness (QED) is 0.201. The molecule has 3 amide bonds. The molecule has 0 saturated carbocycles. The van der Waals surface area contributed by atoms with Crippen LogP contribution >= 0.6 is 0 Å². The summed E-state index contributed by atoms with van der Waals surface area (Å²) in [4.78, 5) is 37.1. The Morgan fingerprint density at radius 1 is 1.00 bits per heavy atom. The van der Waals surface area contributed by atoms with Gasteiger partial charge in [0.25, 0.3) is 0 Å². The zero-order valence-electron chi connectivity index (χ0n) is 26.7. The highest BCUT2D eigenvalue weighted by Crippen LogP contribution is 2.33. The summed E-state index contributed by atoms with van der Waals surface area (Å²) >= 11 is 0. The predicted molar refractivity (Wildman–Crippen MR) is 180 cm³/mol. The highest BCUT2D eigenvalue weighted by molar-refractivity contribution is 5.96. The van der Waals surface area contributed by atoms with Crippen LogP contribution in [0.5, 0.6) is 0 Å². The van der Waals surface area contributed by atoms with Crippen LogP contribution in [-0.4, -0.2) is 54.8 Å². The fourth-order valence-electron chi connectivity index (χ4n) is 6.12. The number of nitrogens with zero attached hydrogens (tertiary/aromatic N) is 6. The summed E-state index contributed by atoms with van der Waals surface area (Å²) in [6.45, 7) is 8.34. The van der Waals surface area contributed by atoms with E-state index in [0.29, 0.717) is 18.2 Å². The lowest BCUT2D eigenvalue weighted by Crippen LogP contribution is -2.41. The van der Waals surface area contributed by atoms with Gasteiger partial charge in [-0.1, -0.05) is 24.3 Å². The molecule has 4 heterocycles. The number of rotatable bonds is 8. The maximum atomic E-state index is 12.5. The number of aryl methyl sites for hydroxylation is 1. The Labute approximate surface area is 269 Å². The summed E-state index contributed by atoms with van der Waals surface area (Å²) in [6.07, 6.45) is 12.2. The Bertz CT molecular complexity index is 1800. The number of nitrogens with two attached hydrogens (primary N) is 1.